The number of fused-ring (bicyclic) bond motifs is 1. The summed E-state index contributed by atoms with van der Waals surface area (Å²) in [4.78, 5) is 47.6. The molecule has 0 radical (unpaired) electrons. The molecule has 1 unspecified atom stereocenters. The van der Waals surface area contributed by atoms with Crippen molar-refractivity contribution in [1.82, 2.24) is 15.2 Å². The number of aliphatic carboxylic acids is 1. The first-order valence-corrected chi connectivity index (χ1v) is 11.5. The number of aliphatic imine (C=N–C) groups is 1. The molecule has 5 rings (SSSR count). The average Bonchev–Trinajstić information content (AvgIpc) is 3.51. The van der Waals surface area contributed by atoms with Crippen molar-refractivity contribution in [2.45, 2.75) is 19.0 Å². The number of hydrogen-bond acceptors (Lipinski definition) is 7. The SMILES string of the molecule is O=C(O)CC(c1cccnc1)N1Cc2ccc(NC(=O)c3cccc(NC4=NCCN4)c3)cc2C1=O. The van der Waals surface area contributed by atoms with Gasteiger partial charge in [-0.05, 0) is 47.5 Å². The van der Waals surface area contributed by atoms with Crippen LogP contribution in [0.4, 0.5) is 11.4 Å². The van der Waals surface area contributed by atoms with E-state index >= 15 is 0 Å². The van der Waals surface area contributed by atoms with Gasteiger partial charge in [0, 0.05) is 48.0 Å². The van der Waals surface area contributed by atoms with Gasteiger partial charge in [-0.25, -0.2) is 0 Å². The summed E-state index contributed by atoms with van der Waals surface area (Å²) in [5, 5.41) is 18.6. The predicted octanol–water partition coefficient (Wildman–Crippen LogP) is 2.88. The van der Waals surface area contributed by atoms with Crippen molar-refractivity contribution in [3.8, 4) is 0 Å². The second kappa shape index (κ2) is 9.87. The quantitative estimate of drug-likeness (QED) is 0.405. The van der Waals surface area contributed by atoms with Gasteiger partial charge in [-0.15, -0.1) is 0 Å². The number of guanidine groups is 1. The molecule has 0 saturated heterocycles. The van der Waals surface area contributed by atoms with Gasteiger partial charge >= 0.3 is 5.97 Å². The number of anilines is 2. The van der Waals surface area contributed by atoms with Crippen molar-refractivity contribution >= 4 is 35.1 Å². The van der Waals surface area contributed by atoms with Crippen LogP contribution in [0.15, 0.2) is 72.0 Å². The summed E-state index contributed by atoms with van der Waals surface area (Å²) >= 11 is 0. The summed E-state index contributed by atoms with van der Waals surface area (Å²) in [5.74, 6) is -0.941. The molecule has 36 heavy (non-hydrogen) atoms. The van der Waals surface area contributed by atoms with Gasteiger partial charge in [0.15, 0.2) is 5.96 Å². The monoisotopic (exact) mass is 484 g/mol. The van der Waals surface area contributed by atoms with E-state index < -0.39 is 12.0 Å². The van der Waals surface area contributed by atoms with E-state index in [2.05, 4.69) is 25.9 Å². The molecular weight excluding hydrogens is 460 g/mol. The molecule has 4 N–H and O–H groups in total. The van der Waals surface area contributed by atoms with Crippen LogP contribution in [0.5, 0.6) is 0 Å². The Kier molecular flexibility index (Phi) is 6.31. The maximum absolute atomic E-state index is 13.3. The smallest absolute Gasteiger partial charge is 0.305 e. The Morgan fingerprint density at radius 1 is 1.11 bits per heavy atom. The van der Waals surface area contributed by atoms with Gasteiger partial charge in [-0.2, -0.15) is 0 Å². The first-order chi connectivity index (χ1) is 17.5. The fourth-order valence-electron chi connectivity index (χ4n) is 4.36. The number of benzene rings is 2. The number of aromatic nitrogens is 1. The van der Waals surface area contributed by atoms with Crippen LogP contribution in [0.1, 0.15) is 44.3 Å². The molecule has 2 aliphatic heterocycles. The molecule has 3 aromatic rings. The van der Waals surface area contributed by atoms with Crippen molar-refractivity contribution < 1.29 is 19.5 Å². The Hall–Kier alpha value is -4.73. The zero-order chi connectivity index (χ0) is 25.1. The fourth-order valence-corrected chi connectivity index (χ4v) is 4.36. The molecule has 1 atom stereocenters. The van der Waals surface area contributed by atoms with E-state index in [-0.39, 0.29) is 24.8 Å². The highest BCUT2D eigenvalue weighted by atomic mass is 16.4. The van der Waals surface area contributed by atoms with E-state index in [9.17, 15) is 19.5 Å². The molecule has 0 fully saturated rings. The maximum atomic E-state index is 13.3. The molecule has 10 nitrogen and oxygen atoms in total. The third-order valence-electron chi connectivity index (χ3n) is 6.07. The third-order valence-corrected chi connectivity index (χ3v) is 6.07. The minimum atomic E-state index is -1.01. The lowest BCUT2D eigenvalue weighted by atomic mass is 10.0. The molecule has 1 aromatic heterocycles. The van der Waals surface area contributed by atoms with Gasteiger partial charge in [-0.1, -0.05) is 18.2 Å². The lowest BCUT2D eigenvalue weighted by Crippen LogP contribution is -2.31. The summed E-state index contributed by atoms with van der Waals surface area (Å²) in [6.07, 6.45) is 2.94. The summed E-state index contributed by atoms with van der Waals surface area (Å²) in [6.45, 7) is 1.76. The van der Waals surface area contributed by atoms with Crippen molar-refractivity contribution in [2.75, 3.05) is 23.7 Å². The summed E-state index contributed by atoms with van der Waals surface area (Å²) < 4.78 is 0. The Bertz CT molecular complexity index is 1360. The van der Waals surface area contributed by atoms with Gasteiger partial charge in [-0.3, -0.25) is 24.4 Å². The number of pyridine rings is 1. The van der Waals surface area contributed by atoms with E-state index in [1.807, 2.05) is 6.07 Å². The van der Waals surface area contributed by atoms with Crippen LogP contribution >= 0.6 is 0 Å². The first-order valence-electron chi connectivity index (χ1n) is 11.5. The molecule has 10 heteroatoms. The highest BCUT2D eigenvalue weighted by Gasteiger charge is 2.35. The lowest BCUT2D eigenvalue weighted by molar-refractivity contribution is -0.138. The number of carbonyl (C=O) groups is 3. The number of carboxylic acid groups (broad SMARTS) is 1. The highest BCUT2D eigenvalue weighted by Crippen LogP contribution is 2.34. The zero-order valence-electron chi connectivity index (χ0n) is 19.3. The molecule has 2 aromatic carbocycles. The number of rotatable bonds is 7. The summed E-state index contributed by atoms with van der Waals surface area (Å²) in [6, 6.07) is 15.0. The van der Waals surface area contributed by atoms with Crippen LogP contribution in [0, 0.1) is 0 Å². The molecule has 2 amide bonds. The molecule has 0 saturated carbocycles. The molecule has 0 aliphatic carbocycles. The van der Waals surface area contributed by atoms with Crippen LogP contribution in [0.2, 0.25) is 0 Å². The number of carboxylic acids is 1. The molecule has 0 bridgehead atoms. The standard InChI is InChI=1S/C26H24N6O4/c33-23(34)13-22(17-4-2-8-27-14-17)32-15-18-6-7-20(12-21(18)25(32)36)30-24(35)16-3-1-5-19(11-16)31-26-28-9-10-29-26/h1-8,11-12,14,22H,9-10,13,15H2,(H,30,35)(H,33,34)(H2,28,29,31). The minimum Gasteiger partial charge on any atom is -0.481 e. The first kappa shape index (κ1) is 23.0. The predicted molar refractivity (Wildman–Crippen MR) is 134 cm³/mol. The zero-order valence-corrected chi connectivity index (χ0v) is 19.3. The largest absolute Gasteiger partial charge is 0.481 e. The third kappa shape index (κ3) is 4.88. The topological polar surface area (TPSA) is 136 Å². The van der Waals surface area contributed by atoms with Crippen molar-refractivity contribution in [2.24, 2.45) is 4.99 Å². The van der Waals surface area contributed by atoms with Crippen LogP contribution < -0.4 is 16.0 Å². The van der Waals surface area contributed by atoms with Crippen molar-refractivity contribution in [3.63, 3.8) is 0 Å². The second-order valence-corrected chi connectivity index (χ2v) is 8.52. The molecule has 0 spiro atoms. The van der Waals surface area contributed by atoms with Crippen LogP contribution in [0.3, 0.4) is 0 Å². The molecule has 182 valence electrons. The van der Waals surface area contributed by atoms with Gasteiger partial charge < -0.3 is 26.0 Å². The Morgan fingerprint density at radius 3 is 2.75 bits per heavy atom. The number of amides is 2. The number of carbonyl (C=O) groups excluding carboxylic acids is 2. The lowest BCUT2D eigenvalue weighted by Gasteiger charge is -2.26. The van der Waals surface area contributed by atoms with Gasteiger partial charge in [0.1, 0.15) is 0 Å². The minimum absolute atomic E-state index is 0.235. The van der Waals surface area contributed by atoms with Crippen LogP contribution in [-0.4, -0.2) is 51.8 Å². The Labute approximate surface area is 207 Å². The number of nitrogens with zero attached hydrogens (tertiary/aromatic N) is 3. The molecule has 2 aliphatic rings. The summed E-state index contributed by atoms with van der Waals surface area (Å²) in [7, 11) is 0. The van der Waals surface area contributed by atoms with Crippen LogP contribution in [0.25, 0.3) is 0 Å². The fraction of sp³-hybridized carbons (Fsp3) is 0.192. The van der Waals surface area contributed by atoms with Crippen LogP contribution in [-0.2, 0) is 11.3 Å². The second-order valence-electron chi connectivity index (χ2n) is 8.52. The van der Waals surface area contributed by atoms with Crippen molar-refractivity contribution in [3.05, 3.63) is 89.2 Å². The van der Waals surface area contributed by atoms with E-state index in [1.165, 1.54) is 4.90 Å². The number of hydrogen-bond donors (Lipinski definition) is 4. The normalized spacial score (nSPS) is 15.1. The van der Waals surface area contributed by atoms with E-state index in [0.717, 1.165) is 17.8 Å². The average molecular weight is 485 g/mol. The molecular formula is C26H24N6O4. The van der Waals surface area contributed by atoms with E-state index in [4.69, 9.17) is 0 Å². The van der Waals surface area contributed by atoms with E-state index in [0.29, 0.717) is 34.9 Å². The Balaban J connectivity index is 1.32. The Morgan fingerprint density at radius 2 is 2.00 bits per heavy atom. The number of nitrogens with one attached hydrogen (secondary N) is 3. The molecule has 3 heterocycles. The van der Waals surface area contributed by atoms with Gasteiger partial charge in [0.2, 0.25) is 0 Å². The van der Waals surface area contributed by atoms with Gasteiger partial charge in [0.05, 0.1) is 19.0 Å². The van der Waals surface area contributed by atoms with Crippen molar-refractivity contribution in [1.29, 1.82) is 0 Å². The maximum Gasteiger partial charge on any atom is 0.305 e. The summed E-state index contributed by atoms with van der Waals surface area (Å²) in [5.41, 5.74) is 3.52. The van der Waals surface area contributed by atoms with Gasteiger partial charge in [0.25, 0.3) is 11.8 Å². The highest BCUT2D eigenvalue weighted by molar-refractivity contribution is 6.07. The van der Waals surface area contributed by atoms with E-state index in [1.54, 1.807) is 60.9 Å².